The Kier molecular flexibility index (Phi) is 6.12. The van der Waals surface area contributed by atoms with E-state index in [9.17, 15) is 15.0 Å². The van der Waals surface area contributed by atoms with Gasteiger partial charge in [-0.25, -0.2) is 0 Å². The first-order valence-corrected chi connectivity index (χ1v) is 6.75. The minimum atomic E-state index is -0.952. The van der Waals surface area contributed by atoms with Gasteiger partial charge in [-0.2, -0.15) is 0 Å². The van der Waals surface area contributed by atoms with Crippen molar-refractivity contribution in [3.05, 3.63) is 42.0 Å². The smallest absolute Gasteiger partial charge is 0.185 e. The number of benzene rings is 1. The summed E-state index contributed by atoms with van der Waals surface area (Å²) in [6.45, 7) is 5.16. The van der Waals surface area contributed by atoms with Crippen molar-refractivity contribution in [2.45, 2.75) is 25.6 Å². The second kappa shape index (κ2) is 7.36. The first kappa shape index (κ1) is 15.0. The molecule has 0 fully saturated rings. The normalized spacial score (nSPS) is 13.9. The number of carbonyl (C=O) groups is 1. The summed E-state index contributed by atoms with van der Waals surface area (Å²) in [7, 11) is 0. The standard InChI is InChI=1S/C14H18O3S/c1-3-11-6-4-5-7-12(11)14(17)13(16)8-9-18-10(2)15/h3-7,13-14,16-17H,1,8-9H2,2H3. The van der Waals surface area contributed by atoms with Crippen molar-refractivity contribution in [1.29, 1.82) is 0 Å². The fourth-order valence-electron chi connectivity index (χ4n) is 1.65. The lowest BCUT2D eigenvalue weighted by atomic mass is 9.97. The highest BCUT2D eigenvalue weighted by molar-refractivity contribution is 8.13. The number of aliphatic hydroxyl groups excluding tert-OH is 2. The second-order valence-electron chi connectivity index (χ2n) is 3.97. The summed E-state index contributed by atoms with van der Waals surface area (Å²) >= 11 is 1.15. The zero-order valence-corrected chi connectivity index (χ0v) is 11.2. The van der Waals surface area contributed by atoms with E-state index < -0.39 is 12.2 Å². The second-order valence-corrected chi connectivity index (χ2v) is 5.25. The van der Waals surface area contributed by atoms with Gasteiger partial charge in [0.25, 0.3) is 0 Å². The van der Waals surface area contributed by atoms with Gasteiger partial charge in [0.15, 0.2) is 5.12 Å². The van der Waals surface area contributed by atoms with Crippen molar-refractivity contribution in [3.63, 3.8) is 0 Å². The summed E-state index contributed by atoms with van der Waals surface area (Å²) < 4.78 is 0. The average Bonchev–Trinajstić information content (AvgIpc) is 2.37. The monoisotopic (exact) mass is 266 g/mol. The van der Waals surface area contributed by atoms with E-state index in [-0.39, 0.29) is 5.12 Å². The van der Waals surface area contributed by atoms with E-state index in [4.69, 9.17) is 0 Å². The lowest BCUT2D eigenvalue weighted by Gasteiger charge is -2.19. The van der Waals surface area contributed by atoms with Gasteiger partial charge in [0.2, 0.25) is 0 Å². The van der Waals surface area contributed by atoms with Crippen LogP contribution in [0.3, 0.4) is 0 Å². The molecule has 3 nitrogen and oxygen atoms in total. The maximum Gasteiger partial charge on any atom is 0.185 e. The van der Waals surface area contributed by atoms with Gasteiger partial charge in [-0.05, 0) is 17.5 Å². The number of hydrogen-bond acceptors (Lipinski definition) is 4. The largest absolute Gasteiger partial charge is 0.390 e. The van der Waals surface area contributed by atoms with Crippen LogP contribution in [0.5, 0.6) is 0 Å². The Hall–Kier alpha value is -1.10. The van der Waals surface area contributed by atoms with Gasteiger partial charge in [-0.3, -0.25) is 4.79 Å². The number of rotatable bonds is 6. The Morgan fingerprint density at radius 1 is 1.44 bits per heavy atom. The third-order valence-electron chi connectivity index (χ3n) is 2.62. The highest BCUT2D eigenvalue weighted by Crippen LogP contribution is 2.24. The molecule has 0 saturated heterocycles. The van der Waals surface area contributed by atoms with Crippen LogP contribution in [0, 0.1) is 0 Å². The third-order valence-corrected chi connectivity index (χ3v) is 3.46. The Morgan fingerprint density at radius 3 is 2.72 bits per heavy atom. The molecule has 0 aromatic heterocycles. The van der Waals surface area contributed by atoms with E-state index in [1.165, 1.54) is 6.92 Å². The van der Waals surface area contributed by atoms with E-state index in [1.807, 2.05) is 18.2 Å². The van der Waals surface area contributed by atoms with Crippen LogP contribution >= 0.6 is 11.8 Å². The summed E-state index contributed by atoms with van der Waals surface area (Å²) in [6, 6.07) is 7.26. The number of thioether (sulfide) groups is 1. The SMILES string of the molecule is C=Cc1ccccc1C(O)C(O)CCSC(C)=O. The molecule has 0 amide bonds. The summed E-state index contributed by atoms with van der Waals surface area (Å²) in [5, 5.41) is 20.0. The molecule has 98 valence electrons. The van der Waals surface area contributed by atoms with Gasteiger partial charge >= 0.3 is 0 Å². The first-order chi connectivity index (χ1) is 8.56. The highest BCUT2D eigenvalue weighted by atomic mass is 32.2. The molecule has 1 rings (SSSR count). The van der Waals surface area contributed by atoms with Crippen LogP contribution in [-0.2, 0) is 4.79 Å². The molecule has 2 N–H and O–H groups in total. The molecule has 2 unspecified atom stereocenters. The van der Waals surface area contributed by atoms with Crippen LogP contribution in [0.15, 0.2) is 30.8 Å². The third kappa shape index (κ3) is 4.29. The topological polar surface area (TPSA) is 57.5 Å². The van der Waals surface area contributed by atoms with E-state index >= 15 is 0 Å². The van der Waals surface area contributed by atoms with E-state index in [2.05, 4.69) is 6.58 Å². The Morgan fingerprint density at radius 2 is 2.11 bits per heavy atom. The molecule has 18 heavy (non-hydrogen) atoms. The van der Waals surface area contributed by atoms with Crippen molar-refractivity contribution in [2.75, 3.05) is 5.75 Å². The predicted octanol–water partition coefficient (Wildman–Crippen LogP) is 2.39. The van der Waals surface area contributed by atoms with Gasteiger partial charge in [0.1, 0.15) is 6.10 Å². The summed E-state index contributed by atoms with van der Waals surface area (Å²) in [4.78, 5) is 10.8. The fraction of sp³-hybridized carbons (Fsp3) is 0.357. The van der Waals surface area contributed by atoms with Crippen LogP contribution in [0.2, 0.25) is 0 Å². The molecule has 0 radical (unpaired) electrons. The molecular formula is C14H18O3S. The van der Waals surface area contributed by atoms with Crippen molar-refractivity contribution < 1.29 is 15.0 Å². The number of hydrogen-bond donors (Lipinski definition) is 2. The highest BCUT2D eigenvalue weighted by Gasteiger charge is 2.19. The van der Waals surface area contributed by atoms with Gasteiger partial charge < -0.3 is 10.2 Å². The van der Waals surface area contributed by atoms with Crippen LogP contribution in [-0.4, -0.2) is 27.2 Å². The molecule has 0 spiro atoms. The number of aliphatic hydroxyl groups is 2. The van der Waals surface area contributed by atoms with Crippen LogP contribution in [0.4, 0.5) is 0 Å². The Bertz CT molecular complexity index is 417. The fourth-order valence-corrected chi connectivity index (χ4v) is 2.30. The lowest BCUT2D eigenvalue weighted by Crippen LogP contribution is -2.20. The molecule has 0 bridgehead atoms. The van der Waals surface area contributed by atoms with Crippen LogP contribution in [0.25, 0.3) is 6.08 Å². The first-order valence-electron chi connectivity index (χ1n) is 5.77. The molecule has 4 heteroatoms. The summed E-state index contributed by atoms with van der Waals surface area (Å²) in [5.41, 5.74) is 1.47. The molecule has 1 aromatic rings. The van der Waals surface area contributed by atoms with Crippen LogP contribution < -0.4 is 0 Å². The van der Waals surface area contributed by atoms with E-state index in [1.54, 1.807) is 12.1 Å². The van der Waals surface area contributed by atoms with Gasteiger partial charge in [0.05, 0.1) is 6.10 Å². The zero-order valence-electron chi connectivity index (χ0n) is 10.4. The quantitative estimate of drug-likeness (QED) is 0.830. The summed E-state index contributed by atoms with van der Waals surface area (Å²) in [5.74, 6) is 0.504. The van der Waals surface area contributed by atoms with Crippen LogP contribution in [0.1, 0.15) is 30.6 Å². The summed E-state index contributed by atoms with van der Waals surface area (Å²) in [6.07, 6.45) is 0.191. The number of carbonyl (C=O) groups excluding carboxylic acids is 1. The van der Waals surface area contributed by atoms with Crippen molar-refractivity contribution in [1.82, 2.24) is 0 Å². The average molecular weight is 266 g/mol. The van der Waals surface area contributed by atoms with Gasteiger partial charge in [-0.1, -0.05) is 48.7 Å². The molecule has 0 aliphatic heterocycles. The van der Waals surface area contributed by atoms with Crippen molar-refractivity contribution >= 4 is 23.0 Å². The maximum atomic E-state index is 10.8. The zero-order chi connectivity index (χ0) is 13.5. The van der Waals surface area contributed by atoms with Gasteiger partial charge in [-0.15, -0.1) is 0 Å². The Balaban J connectivity index is 2.65. The Labute approximate surface area is 112 Å². The minimum absolute atomic E-state index is 0.0168. The molecule has 2 atom stereocenters. The minimum Gasteiger partial charge on any atom is -0.390 e. The molecule has 0 saturated carbocycles. The molecule has 0 heterocycles. The van der Waals surface area contributed by atoms with E-state index in [0.717, 1.165) is 17.3 Å². The maximum absolute atomic E-state index is 10.8. The molecule has 0 aliphatic carbocycles. The molecular weight excluding hydrogens is 248 g/mol. The predicted molar refractivity (Wildman–Crippen MR) is 75.3 cm³/mol. The molecule has 1 aromatic carbocycles. The van der Waals surface area contributed by atoms with E-state index in [0.29, 0.717) is 17.7 Å². The van der Waals surface area contributed by atoms with Crippen molar-refractivity contribution in [2.24, 2.45) is 0 Å². The molecule has 0 aliphatic rings. The lowest BCUT2D eigenvalue weighted by molar-refractivity contribution is -0.109. The van der Waals surface area contributed by atoms with Crippen molar-refractivity contribution in [3.8, 4) is 0 Å². The van der Waals surface area contributed by atoms with Gasteiger partial charge in [0, 0.05) is 12.7 Å².